The molecule has 0 aromatic heterocycles. The van der Waals surface area contributed by atoms with Gasteiger partial charge in [-0.3, -0.25) is 15.1 Å². The second-order valence-electron chi connectivity index (χ2n) is 10.5. The monoisotopic (exact) mass is 465 g/mol. The van der Waals surface area contributed by atoms with Gasteiger partial charge in [0.25, 0.3) is 5.91 Å². The van der Waals surface area contributed by atoms with Gasteiger partial charge in [0, 0.05) is 31.9 Å². The van der Waals surface area contributed by atoms with Crippen molar-refractivity contribution in [3.8, 4) is 0 Å². The lowest BCUT2D eigenvalue weighted by Crippen LogP contribution is -2.51. The number of carbonyl (C=O) groups excluding carboxylic acids is 1. The van der Waals surface area contributed by atoms with Crippen molar-refractivity contribution in [3.63, 3.8) is 0 Å². The lowest BCUT2D eigenvalue weighted by molar-refractivity contribution is -0.117. The Bertz CT molecular complexity index is 980. The molecule has 0 aromatic carbocycles. The first-order valence-corrected chi connectivity index (χ1v) is 12.3. The largest absolute Gasteiger partial charge is 0.385 e. The topological polar surface area (TPSA) is 116 Å². The molecule has 4 atom stereocenters. The zero-order valence-electron chi connectivity index (χ0n) is 20.7. The quantitative estimate of drug-likeness (QED) is 0.304. The summed E-state index contributed by atoms with van der Waals surface area (Å²) in [6, 6.07) is 0.172. The third-order valence-corrected chi connectivity index (χ3v) is 6.82. The Kier molecular flexibility index (Phi) is 7.28. The van der Waals surface area contributed by atoms with Crippen LogP contribution in [0.5, 0.6) is 0 Å². The predicted molar refractivity (Wildman–Crippen MR) is 137 cm³/mol. The summed E-state index contributed by atoms with van der Waals surface area (Å²) in [5, 5.41) is 16.2. The van der Waals surface area contributed by atoms with Crippen LogP contribution < -0.4 is 32.3 Å². The van der Waals surface area contributed by atoms with Crippen molar-refractivity contribution < 1.29 is 4.79 Å². The number of nitrogens with one attached hydrogen (secondary N) is 5. The first-order chi connectivity index (χ1) is 16.2. The minimum Gasteiger partial charge on any atom is -0.385 e. The number of rotatable bonds is 8. The van der Waals surface area contributed by atoms with E-state index >= 15 is 0 Å². The molecule has 1 fully saturated rings. The van der Waals surface area contributed by atoms with E-state index in [1.165, 1.54) is 17.6 Å². The van der Waals surface area contributed by atoms with Gasteiger partial charge in [-0.1, -0.05) is 50.6 Å². The fourth-order valence-corrected chi connectivity index (χ4v) is 4.84. The molecule has 1 amide bonds. The fourth-order valence-electron chi connectivity index (χ4n) is 4.84. The summed E-state index contributed by atoms with van der Waals surface area (Å²) >= 11 is 0. The molecule has 8 nitrogen and oxygen atoms in total. The van der Waals surface area contributed by atoms with Crippen molar-refractivity contribution in [2.45, 2.75) is 52.9 Å². The van der Waals surface area contributed by atoms with Crippen molar-refractivity contribution in [2.75, 3.05) is 19.6 Å². The Balaban J connectivity index is 1.39. The summed E-state index contributed by atoms with van der Waals surface area (Å²) in [5.74, 6) is 2.14. The van der Waals surface area contributed by atoms with Crippen LogP contribution in [0.4, 0.5) is 0 Å². The lowest BCUT2D eigenvalue weighted by atomic mass is 9.89. The van der Waals surface area contributed by atoms with Crippen LogP contribution in [0.1, 0.15) is 40.5 Å². The number of hydrogen-bond donors (Lipinski definition) is 6. The minimum absolute atomic E-state index is 0.172. The summed E-state index contributed by atoms with van der Waals surface area (Å²) in [6.07, 6.45) is 13.9. The molecule has 4 rings (SSSR count). The number of hydrogen-bond acceptors (Lipinski definition) is 7. The Hall–Kier alpha value is -2.84. The number of aliphatic imine (C=N–C) groups is 1. The molecule has 7 N–H and O–H groups in total. The van der Waals surface area contributed by atoms with Gasteiger partial charge in [-0.2, -0.15) is 0 Å². The molecule has 4 aliphatic rings. The second-order valence-corrected chi connectivity index (χ2v) is 10.5. The van der Waals surface area contributed by atoms with Crippen LogP contribution in [-0.2, 0) is 4.79 Å². The van der Waals surface area contributed by atoms with Crippen LogP contribution in [0.3, 0.4) is 0 Å². The first kappa shape index (κ1) is 24.3. The molecule has 2 aliphatic heterocycles. The maximum Gasteiger partial charge on any atom is 0.256 e. The van der Waals surface area contributed by atoms with Crippen LogP contribution in [0.2, 0.25) is 0 Å². The summed E-state index contributed by atoms with van der Waals surface area (Å²) in [5.41, 5.74) is 9.86. The van der Waals surface area contributed by atoms with E-state index in [0.29, 0.717) is 35.1 Å². The Morgan fingerprint density at radius 1 is 1.32 bits per heavy atom. The molecule has 0 radical (unpaired) electrons. The van der Waals surface area contributed by atoms with Gasteiger partial charge < -0.3 is 27.0 Å². The van der Waals surface area contributed by atoms with Crippen LogP contribution in [0.25, 0.3) is 0 Å². The third-order valence-electron chi connectivity index (χ3n) is 6.82. The Morgan fingerprint density at radius 2 is 2.15 bits per heavy atom. The minimum atomic E-state index is -0.366. The van der Waals surface area contributed by atoms with E-state index in [1.807, 2.05) is 19.1 Å². The van der Waals surface area contributed by atoms with Crippen LogP contribution >= 0.6 is 0 Å². The van der Waals surface area contributed by atoms with Crippen molar-refractivity contribution in [3.05, 3.63) is 58.7 Å². The van der Waals surface area contributed by atoms with Crippen LogP contribution in [-0.4, -0.2) is 44.1 Å². The van der Waals surface area contributed by atoms with Crippen LogP contribution in [0, 0.1) is 17.3 Å². The van der Waals surface area contributed by atoms with Crippen molar-refractivity contribution >= 4 is 12.1 Å². The standard InChI is InChI=1S/C26H39N7O/c1-5-29-24(34)20-15-30-25(31-19-10-9-17-13-28-14-18(17)11-19)33-23(20)32-22(27)8-6-7-16-12-21(16)26(2,3)4/h6-10,15-16,19,21,25,28,31-33H,5,11-14,27H2,1-4H3,(H,29,34). The highest BCUT2D eigenvalue weighted by Crippen LogP contribution is 2.51. The molecule has 8 heteroatoms. The Morgan fingerprint density at radius 3 is 2.88 bits per heavy atom. The molecule has 1 saturated carbocycles. The van der Waals surface area contributed by atoms with Crippen molar-refractivity contribution in [1.82, 2.24) is 26.6 Å². The molecule has 0 aromatic rings. The number of allylic oxidation sites excluding steroid dienone is 3. The number of nitrogens with zero attached hydrogens (tertiary/aromatic N) is 1. The first-order valence-electron chi connectivity index (χ1n) is 12.3. The summed E-state index contributed by atoms with van der Waals surface area (Å²) in [4.78, 5) is 17.1. The molecule has 34 heavy (non-hydrogen) atoms. The maximum atomic E-state index is 12.6. The maximum absolute atomic E-state index is 12.6. The van der Waals surface area contributed by atoms with Gasteiger partial charge >= 0.3 is 0 Å². The van der Waals surface area contributed by atoms with Gasteiger partial charge in [0.1, 0.15) is 11.6 Å². The highest BCUT2D eigenvalue weighted by Gasteiger charge is 2.43. The molecular formula is C26H39N7O. The van der Waals surface area contributed by atoms with E-state index in [-0.39, 0.29) is 18.2 Å². The molecule has 184 valence electrons. The molecule has 2 heterocycles. The molecular weight excluding hydrogens is 426 g/mol. The van der Waals surface area contributed by atoms with Gasteiger partial charge in [0.2, 0.25) is 0 Å². The van der Waals surface area contributed by atoms with E-state index in [4.69, 9.17) is 5.73 Å². The van der Waals surface area contributed by atoms with Gasteiger partial charge in [0.05, 0.1) is 5.57 Å². The number of carbonyl (C=O) groups is 1. The molecule has 4 unspecified atom stereocenters. The number of amides is 1. The second kappa shape index (κ2) is 10.2. The summed E-state index contributed by atoms with van der Waals surface area (Å²) < 4.78 is 0. The average molecular weight is 466 g/mol. The summed E-state index contributed by atoms with van der Waals surface area (Å²) in [7, 11) is 0. The normalized spacial score (nSPS) is 28.9. The fraction of sp³-hybridized carbons (Fsp3) is 0.538. The van der Waals surface area contributed by atoms with Crippen molar-refractivity contribution in [2.24, 2.45) is 28.0 Å². The van der Waals surface area contributed by atoms with Crippen LogP contribution in [0.15, 0.2) is 63.7 Å². The zero-order valence-corrected chi connectivity index (χ0v) is 20.7. The van der Waals surface area contributed by atoms with E-state index in [2.05, 4.69) is 70.6 Å². The predicted octanol–water partition coefficient (Wildman–Crippen LogP) is 1.74. The zero-order chi connectivity index (χ0) is 24.3. The molecule has 0 spiro atoms. The highest BCUT2D eigenvalue weighted by atomic mass is 16.1. The SMILES string of the molecule is CCNC(=O)C1=C(NC(N)=CC=CC2CC2C(C)(C)C)NC(NC2C=CC3=C(CNC3)C2)N=C1. The molecule has 2 aliphatic carbocycles. The van der Waals surface area contributed by atoms with Gasteiger partial charge in [-0.15, -0.1) is 0 Å². The average Bonchev–Trinajstić information content (AvgIpc) is 3.42. The number of likely N-dealkylation sites (N-methyl/N-ethyl adjacent to an activating group) is 1. The van der Waals surface area contributed by atoms with E-state index < -0.39 is 0 Å². The smallest absolute Gasteiger partial charge is 0.256 e. The molecule has 0 saturated heterocycles. The van der Waals surface area contributed by atoms with E-state index in [0.717, 1.165) is 25.4 Å². The lowest BCUT2D eigenvalue weighted by Gasteiger charge is -2.29. The van der Waals surface area contributed by atoms with Crippen molar-refractivity contribution in [1.29, 1.82) is 0 Å². The summed E-state index contributed by atoms with van der Waals surface area (Å²) in [6.45, 7) is 11.2. The van der Waals surface area contributed by atoms with E-state index in [1.54, 1.807) is 6.21 Å². The Labute approximate surface area is 203 Å². The highest BCUT2D eigenvalue weighted by molar-refractivity contribution is 6.13. The third kappa shape index (κ3) is 5.98. The number of nitrogens with two attached hydrogens (primary N) is 1. The molecule has 0 bridgehead atoms. The van der Waals surface area contributed by atoms with Gasteiger partial charge in [-0.05, 0) is 48.7 Å². The van der Waals surface area contributed by atoms with Gasteiger partial charge in [-0.25, -0.2) is 0 Å². The van der Waals surface area contributed by atoms with E-state index in [9.17, 15) is 4.79 Å². The van der Waals surface area contributed by atoms with Gasteiger partial charge in [0.15, 0.2) is 6.29 Å².